The SMILES string of the molecule is CN=C(NCC1(c2ccccc2C)CCOCC1)N1CCc2ccccc21. The van der Waals surface area contributed by atoms with Gasteiger partial charge < -0.3 is 15.0 Å². The third-order valence-electron chi connectivity index (χ3n) is 6.11. The van der Waals surface area contributed by atoms with Gasteiger partial charge in [0.25, 0.3) is 0 Å². The van der Waals surface area contributed by atoms with E-state index in [0.717, 1.165) is 51.5 Å². The lowest BCUT2D eigenvalue weighted by Gasteiger charge is -2.39. The quantitative estimate of drug-likeness (QED) is 0.668. The van der Waals surface area contributed by atoms with E-state index in [9.17, 15) is 0 Å². The molecule has 2 aliphatic rings. The van der Waals surface area contributed by atoms with Gasteiger partial charge in [0.2, 0.25) is 0 Å². The van der Waals surface area contributed by atoms with Gasteiger partial charge in [-0.2, -0.15) is 0 Å². The van der Waals surface area contributed by atoms with Crippen molar-refractivity contribution in [1.82, 2.24) is 5.32 Å². The molecule has 0 bridgehead atoms. The third-order valence-corrected chi connectivity index (χ3v) is 6.11. The summed E-state index contributed by atoms with van der Waals surface area (Å²) in [4.78, 5) is 6.92. The van der Waals surface area contributed by atoms with Gasteiger partial charge in [-0.3, -0.25) is 4.99 Å². The predicted octanol–water partition coefficient (Wildman–Crippen LogP) is 3.68. The fourth-order valence-electron chi connectivity index (χ4n) is 4.57. The molecule has 142 valence electrons. The van der Waals surface area contributed by atoms with Gasteiger partial charge in [-0.15, -0.1) is 0 Å². The van der Waals surface area contributed by atoms with Crippen LogP contribution in [-0.4, -0.2) is 39.3 Å². The normalized spacial score (nSPS) is 19.0. The summed E-state index contributed by atoms with van der Waals surface area (Å²) in [7, 11) is 1.88. The Hall–Kier alpha value is -2.33. The van der Waals surface area contributed by atoms with E-state index in [2.05, 4.69) is 70.7 Å². The van der Waals surface area contributed by atoms with E-state index in [4.69, 9.17) is 4.74 Å². The molecule has 27 heavy (non-hydrogen) atoms. The molecule has 0 radical (unpaired) electrons. The molecule has 0 unspecified atom stereocenters. The number of fused-ring (bicyclic) bond motifs is 1. The number of aliphatic imine (C=N–C) groups is 1. The zero-order valence-corrected chi connectivity index (χ0v) is 16.4. The molecular formula is C23H29N3O. The van der Waals surface area contributed by atoms with Crippen molar-refractivity contribution in [3.8, 4) is 0 Å². The molecule has 1 N–H and O–H groups in total. The second-order valence-electron chi connectivity index (χ2n) is 7.64. The van der Waals surface area contributed by atoms with Crippen LogP contribution in [0, 0.1) is 6.92 Å². The van der Waals surface area contributed by atoms with Gasteiger partial charge in [0, 0.05) is 44.5 Å². The van der Waals surface area contributed by atoms with E-state index in [-0.39, 0.29) is 5.41 Å². The number of benzene rings is 2. The Morgan fingerprint density at radius 3 is 2.63 bits per heavy atom. The second kappa shape index (κ2) is 7.73. The van der Waals surface area contributed by atoms with Crippen LogP contribution in [0.1, 0.15) is 29.5 Å². The number of nitrogens with zero attached hydrogens (tertiary/aromatic N) is 2. The summed E-state index contributed by atoms with van der Waals surface area (Å²) < 4.78 is 5.70. The number of hydrogen-bond donors (Lipinski definition) is 1. The number of aryl methyl sites for hydroxylation is 1. The van der Waals surface area contributed by atoms with E-state index in [1.54, 1.807) is 0 Å². The highest BCUT2D eigenvalue weighted by atomic mass is 16.5. The maximum Gasteiger partial charge on any atom is 0.198 e. The summed E-state index contributed by atoms with van der Waals surface area (Å²) in [5, 5.41) is 3.71. The molecule has 4 rings (SSSR count). The van der Waals surface area contributed by atoms with Crippen LogP contribution in [0.15, 0.2) is 53.5 Å². The van der Waals surface area contributed by atoms with Gasteiger partial charge in [-0.1, -0.05) is 42.5 Å². The average molecular weight is 364 g/mol. The summed E-state index contributed by atoms with van der Waals surface area (Å²) in [5.41, 5.74) is 5.59. The van der Waals surface area contributed by atoms with Crippen molar-refractivity contribution in [3.05, 3.63) is 65.2 Å². The molecule has 0 atom stereocenters. The van der Waals surface area contributed by atoms with E-state index >= 15 is 0 Å². The third kappa shape index (κ3) is 3.46. The molecule has 2 heterocycles. The highest BCUT2D eigenvalue weighted by Crippen LogP contribution is 2.36. The van der Waals surface area contributed by atoms with Crippen molar-refractivity contribution in [1.29, 1.82) is 0 Å². The van der Waals surface area contributed by atoms with Crippen molar-refractivity contribution in [2.24, 2.45) is 4.99 Å². The molecule has 2 aromatic rings. The van der Waals surface area contributed by atoms with E-state index in [0.29, 0.717) is 0 Å². The second-order valence-corrected chi connectivity index (χ2v) is 7.64. The standard InChI is InChI=1S/C23H29N3O/c1-18-7-3-5-9-20(18)23(12-15-27-16-13-23)17-25-22(24-2)26-14-11-19-8-4-6-10-21(19)26/h3-10H,11-17H2,1-2H3,(H,24,25). The number of rotatable bonds is 3. The predicted molar refractivity (Wildman–Crippen MR) is 112 cm³/mol. The molecule has 4 heteroatoms. The van der Waals surface area contributed by atoms with Crippen LogP contribution >= 0.6 is 0 Å². The Morgan fingerprint density at radius 2 is 1.85 bits per heavy atom. The van der Waals surface area contributed by atoms with Gasteiger partial charge in [0.05, 0.1) is 0 Å². The first-order valence-electron chi connectivity index (χ1n) is 9.93. The average Bonchev–Trinajstić information content (AvgIpc) is 3.14. The van der Waals surface area contributed by atoms with Crippen LogP contribution in [0.2, 0.25) is 0 Å². The number of hydrogen-bond acceptors (Lipinski definition) is 2. The molecular weight excluding hydrogens is 334 g/mol. The van der Waals surface area contributed by atoms with Crippen LogP contribution in [0.5, 0.6) is 0 Å². The zero-order valence-electron chi connectivity index (χ0n) is 16.4. The van der Waals surface area contributed by atoms with Crippen LogP contribution in [0.3, 0.4) is 0 Å². The molecule has 0 aromatic heterocycles. The molecule has 0 saturated carbocycles. The minimum Gasteiger partial charge on any atom is -0.381 e. The first-order chi connectivity index (χ1) is 13.2. The molecule has 0 spiro atoms. The Labute approximate surface area is 162 Å². The largest absolute Gasteiger partial charge is 0.381 e. The fourth-order valence-corrected chi connectivity index (χ4v) is 4.57. The summed E-state index contributed by atoms with van der Waals surface area (Å²) in [6.45, 7) is 5.73. The molecule has 2 aromatic carbocycles. The van der Waals surface area contributed by atoms with Crippen LogP contribution in [-0.2, 0) is 16.6 Å². The molecule has 4 nitrogen and oxygen atoms in total. The first kappa shape index (κ1) is 18.1. The fraction of sp³-hybridized carbons (Fsp3) is 0.435. The smallest absolute Gasteiger partial charge is 0.198 e. The van der Waals surface area contributed by atoms with Crippen molar-refractivity contribution < 1.29 is 4.74 Å². The number of guanidine groups is 1. The van der Waals surface area contributed by atoms with E-state index < -0.39 is 0 Å². The molecule has 1 fully saturated rings. The number of para-hydroxylation sites is 1. The molecule has 1 saturated heterocycles. The van der Waals surface area contributed by atoms with Crippen molar-refractivity contribution in [3.63, 3.8) is 0 Å². The van der Waals surface area contributed by atoms with E-state index in [1.165, 1.54) is 22.4 Å². The molecule has 0 aliphatic carbocycles. The highest BCUT2D eigenvalue weighted by molar-refractivity contribution is 5.98. The van der Waals surface area contributed by atoms with Crippen LogP contribution < -0.4 is 10.2 Å². The Morgan fingerprint density at radius 1 is 1.11 bits per heavy atom. The summed E-state index contributed by atoms with van der Waals surface area (Å²) in [5.74, 6) is 0.972. The lowest BCUT2D eigenvalue weighted by atomic mass is 9.72. The Bertz CT molecular complexity index is 824. The summed E-state index contributed by atoms with van der Waals surface area (Å²) in [6.07, 6.45) is 3.16. The lowest BCUT2D eigenvalue weighted by molar-refractivity contribution is 0.0512. The number of anilines is 1. The van der Waals surface area contributed by atoms with E-state index in [1.807, 2.05) is 7.05 Å². The first-order valence-corrected chi connectivity index (χ1v) is 9.93. The van der Waals surface area contributed by atoms with Gasteiger partial charge >= 0.3 is 0 Å². The lowest BCUT2D eigenvalue weighted by Crippen LogP contribution is -2.49. The minimum absolute atomic E-state index is 0.0960. The topological polar surface area (TPSA) is 36.9 Å². The Balaban J connectivity index is 1.57. The summed E-state index contributed by atoms with van der Waals surface area (Å²) >= 11 is 0. The van der Waals surface area contributed by atoms with Gasteiger partial charge in [0.1, 0.15) is 0 Å². The van der Waals surface area contributed by atoms with Gasteiger partial charge in [-0.05, 0) is 48.9 Å². The van der Waals surface area contributed by atoms with Gasteiger partial charge in [-0.25, -0.2) is 0 Å². The maximum absolute atomic E-state index is 5.70. The van der Waals surface area contributed by atoms with Crippen molar-refractivity contribution >= 4 is 11.6 Å². The highest BCUT2D eigenvalue weighted by Gasteiger charge is 2.36. The van der Waals surface area contributed by atoms with Gasteiger partial charge in [0.15, 0.2) is 5.96 Å². The maximum atomic E-state index is 5.70. The van der Waals surface area contributed by atoms with Crippen molar-refractivity contribution in [2.45, 2.75) is 31.6 Å². The monoisotopic (exact) mass is 363 g/mol. The molecule has 0 amide bonds. The number of nitrogens with one attached hydrogen (secondary N) is 1. The zero-order chi connectivity index (χ0) is 18.7. The number of ether oxygens (including phenoxy) is 1. The van der Waals surface area contributed by atoms with Crippen LogP contribution in [0.25, 0.3) is 0 Å². The van der Waals surface area contributed by atoms with Crippen molar-refractivity contribution in [2.75, 3.05) is 38.3 Å². The molecule has 2 aliphatic heterocycles. The van der Waals surface area contributed by atoms with Crippen LogP contribution in [0.4, 0.5) is 5.69 Å². The summed E-state index contributed by atoms with van der Waals surface area (Å²) in [6, 6.07) is 17.4. The minimum atomic E-state index is 0.0960. The Kier molecular flexibility index (Phi) is 5.17.